The molecule has 1 atom stereocenters. The summed E-state index contributed by atoms with van der Waals surface area (Å²) >= 11 is 1.64. The Balaban J connectivity index is 1.94. The van der Waals surface area contributed by atoms with Gasteiger partial charge in [-0.2, -0.15) is 0 Å². The van der Waals surface area contributed by atoms with Gasteiger partial charge in [0, 0.05) is 18.3 Å². The molecule has 1 unspecified atom stereocenters. The number of amides is 2. The van der Waals surface area contributed by atoms with E-state index in [-0.39, 0.29) is 17.2 Å². The number of benzene rings is 2. The fourth-order valence-corrected chi connectivity index (χ4v) is 4.23. The van der Waals surface area contributed by atoms with Crippen molar-refractivity contribution in [3.05, 3.63) is 59.7 Å². The van der Waals surface area contributed by atoms with Gasteiger partial charge < -0.3 is 5.32 Å². The van der Waals surface area contributed by atoms with Crippen molar-refractivity contribution in [1.29, 1.82) is 0 Å². The number of carbonyl (C=O) groups is 2. The van der Waals surface area contributed by atoms with Gasteiger partial charge in [-0.1, -0.05) is 44.2 Å². The van der Waals surface area contributed by atoms with Crippen molar-refractivity contribution in [1.82, 2.24) is 0 Å². The zero-order valence-corrected chi connectivity index (χ0v) is 15.5. The number of nitrogens with zero attached hydrogens (tertiary/aromatic N) is 1. The first kappa shape index (κ1) is 17.5. The van der Waals surface area contributed by atoms with Gasteiger partial charge in [-0.05, 0) is 35.2 Å². The van der Waals surface area contributed by atoms with Crippen LogP contribution in [-0.2, 0) is 9.59 Å². The molecule has 1 N–H and O–H groups in total. The van der Waals surface area contributed by atoms with E-state index in [0.717, 1.165) is 16.9 Å². The molecule has 0 bridgehead atoms. The summed E-state index contributed by atoms with van der Waals surface area (Å²) in [5.41, 5.74) is 3.99. The highest BCUT2D eigenvalue weighted by molar-refractivity contribution is 8.00. The molecule has 0 saturated carbocycles. The van der Waals surface area contributed by atoms with Gasteiger partial charge in [0.15, 0.2) is 0 Å². The van der Waals surface area contributed by atoms with Crippen LogP contribution in [0.3, 0.4) is 0 Å². The number of thioether (sulfide) groups is 1. The number of carbonyl (C=O) groups excluding carboxylic acids is 2. The first-order valence-electron chi connectivity index (χ1n) is 8.37. The van der Waals surface area contributed by atoms with Crippen LogP contribution in [0.5, 0.6) is 0 Å². The summed E-state index contributed by atoms with van der Waals surface area (Å²) < 4.78 is 0. The van der Waals surface area contributed by atoms with E-state index in [2.05, 4.69) is 25.2 Å². The Kier molecular flexibility index (Phi) is 5.13. The molecule has 2 aromatic carbocycles. The fraction of sp³-hybridized carbons (Fsp3) is 0.300. The van der Waals surface area contributed by atoms with Crippen molar-refractivity contribution in [3.8, 4) is 0 Å². The van der Waals surface area contributed by atoms with Crippen LogP contribution in [0.2, 0.25) is 0 Å². The summed E-state index contributed by atoms with van der Waals surface area (Å²) in [5.74, 6) is 0.863. The lowest BCUT2D eigenvalue weighted by atomic mass is 10.00. The van der Waals surface area contributed by atoms with Crippen molar-refractivity contribution in [2.24, 2.45) is 0 Å². The number of hydrogen-bond donors (Lipinski definition) is 1. The van der Waals surface area contributed by atoms with Gasteiger partial charge in [-0.15, -0.1) is 11.8 Å². The number of nitrogens with one attached hydrogen (secondary N) is 1. The minimum Gasteiger partial charge on any atom is -0.326 e. The minimum absolute atomic E-state index is 0.0428. The first-order valence-corrected chi connectivity index (χ1v) is 9.42. The second kappa shape index (κ2) is 7.31. The Labute approximate surface area is 152 Å². The second-order valence-corrected chi connectivity index (χ2v) is 7.51. The molecule has 1 saturated heterocycles. The van der Waals surface area contributed by atoms with Crippen LogP contribution in [-0.4, -0.2) is 17.6 Å². The number of rotatable bonds is 4. The third-order valence-corrected chi connectivity index (χ3v) is 5.41. The van der Waals surface area contributed by atoms with Crippen LogP contribution in [0.1, 0.15) is 43.2 Å². The minimum atomic E-state index is -0.0920. The molecule has 1 aliphatic rings. The average Bonchev–Trinajstić information content (AvgIpc) is 2.96. The van der Waals surface area contributed by atoms with Crippen LogP contribution >= 0.6 is 11.8 Å². The maximum atomic E-state index is 12.6. The summed E-state index contributed by atoms with van der Waals surface area (Å²) in [4.78, 5) is 25.7. The average molecular weight is 354 g/mol. The lowest BCUT2D eigenvalue weighted by Crippen LogP contribution is -2.29. The Morgan fingerprint density at radius 3 is 2.48 bits per heavy atom. The van der Waals surface area contributed by atoms with Crippen LogP contribution in [0.25, 0.3) is 0 Å². The van der Waals surface area contributed by atoms with Gasteiger partial charge >= 0.3 is 0 Å². The molecular formula is C20H22N2O2S. The molecule has 0 aromatic heterocycles. The van der Waals surface area contributed by atoms with Gasteiger partial charge in [-0.25, -0.2) is 0 Å². The van der Waals surface area contributed by atoms with Crippen molar-refractivity contribution >= 4 is 35.0 Å². The molecule has 2 amide bonds. The highest BCUT2D eigenvalue weighted by Crippen LogP contribution is 2.44. The molecule has 130 valence electrons. The summed E-state index contributed by atoms with van der Waals surface area (Å²) in [6.45, 7) is 5.78. The number of hydrogen-bond acceptors (Lipinski definition) is 3. The zero-order valence-electron chi connectivity index (χ0n) is 14.7. The standard InChI is InChI=1S/C20H22N2O2S/c1-13(2)17-6-4-5-7-18(17)22-19(24)12-25-20(22)15-8-10-16(11-9-15)21-14(3)23/h4-11,13,20H,12H2,1-3H3,(H,21,23). The lowest BCUT2D eigenvalue weighted by Gasteiger charge is -2.27. The molecular weight excluding hydrogens is 332 g/mol. The quantitative estimate of drug-likeness (QED) is 0.876. The van der Waals surface area contributed by atoms with E-state index < -0.39 is 0 Å². The summed E-state index contributed by atoms with van der Waals surface area (Å²) in [6, 6.07) is 15.8. The van der Waals surface area contributed by atoms with Gasteiger partial charge in [0.1, 0.15) is 5.37 Å². The first-order chi connectivity index (χ1) is 12.0. The van der Waals surface area contributed by atoms with Gasteiger partial charge in [-0.3, -0.25) is 14.5 Å². The van der Waals surface area contributed by atoms with Crippen molar-refractivity contribution in [2.45, 2.75) is 32.1 Å². The molecule has 0 aliphatic carbocycles. The highest BCUT2D eigenvalue weighted by Gasteiger charge is 2.35. The van der Waals surface area contributed by atoms with E-state index >= 15 is 0 Å². The summed E-state index contributed by atoms with van der Waals surface area (Å²) in [6.07, 6.45) is 0. The van der Waals surface area contributed by atoms with Gasteiger partial charge in [0.05, 0.1) is 5.75 Å². The van der Waals surface area contributed by atoms with Gasteiger partial charge in [0.2, 0.25) is 11.8 Å². The second-order valence-electron chi connectivity index (χ2n) is 6.44. The third kappa shape index (κ3) is 3.71. The van der Waals surface area contributed by atoms with Crippen LogP contribution in [0.15, 0.2) is 48.5 Å². The fourth-order valence-electron chi connectivity index (χ4n) is 3.06. The normalized spacial score (nSPS) is 17.2. The number of para-hydroxylation sites is 1. The summed E-state index contributed by atoms with van der Waals surface area (Å²) in [5, 5.41) is 2.73. The molecule has 2 aromatic rings. The van der Waals surface area contributed by atoms with Crippen LogP contribution in [0, 0.1) is 0 Å². The summed E-state index contributed by atoms with van der Waals surface area (Å²) in [7, 11) is 0. The topological polar surface area (TPSA) is 49.4 Å². The molecule has 25 heavy (non-hydrogen) atoms. The molecule has 5 heteroatoms. The van der Waals surface area contributed by atoms with Crippen LogP contribution < -0.4 is 10.2 Å². The SMILES string of the molecule is CC(=O)Nc1ccc(C2SCC(=O)N2c2ccccc2C(C)C)cc1. The molecule has 1 heterocycles. The van der Waals surface area contributed by atoms with Crippen LogP contribution in [0.4, 0.5) is 11.4 Å². The van der Waals surface area contributed by atoms with E-state index in [0.29, 0.717) is 11.7 Å². The van der Waals surface area contributed by atoms with E-state index in [1.54, 1.807) is 11.8 Å². The Bertz CT molecular complexity index is 787. The molecule has 0 spiro atoms. The van der Waals surface area contributed by atoms with E-state index in [4.69, 9.17) is 0 Å². The van der Waals surface area contributed by atoms with Crippen molar-refractivity contribution < 1.29 is 9.59 Å². The van der Waals surface area contributed by atoms with E-state index in [1.165, 1.54) is 12.5 Å². The van der Waals surface area contributed by atoms with Gasteiger partial charge in [0.25, 0.3) is 0 Å². The largest absolute Gasteiger partial charge is 0.326 e. The maximum absolute atomic E-state index is 12.6. The predicted octanol–water partition coefficient (Wildman–Crippen LogP) is 4.55. The third-order valence-electron chi connectivity index (χ3n) is 4.20. The molecule has 1 aliphatic heterocycles. The van der Waals surface area contributed by atoms with E-state index in [9.17, 15) is 9.59 Å². The zero-order chi connectivity index (χ0) is 18.0. The smallest absolute Gasteiger partial charge is 0.238 e. The van der Waals surface area contributed by atoms with Crippen molar-refractivity contribution in [2.75, 3.05) is 16.0 Å². The Hall–Kier alpha value is -2.27. The molecule has 1 fully saturated rings. The lowest BCUT2D eigenvalue weighted by molar-refractivity contribution is -0.116. The Morgan fingerprint density at radius 2 is 1.84 bits per heavy atom. The van der Waals surface area contributed by atoms with Crippen molar-refractivity contribution in [3.63, 3.8) is 0 Å². The molecule has 0 radical (unpaired) electrons. The monoisotopic (exact) mass is 354 g/mol. The molecule has 3 rings (SSSR count). The highest BCUT2D eigenvalue weighted by atomic mass is 32.2. The molecule has 4 nitrogen and oxygen atoms in total. The van der Waals surface area contributed by atoms with E-state index in [1.807, 2.05) is 47.4 Å². The number of anilines is 2. The Morgan fingerprint density at radius 1 is 1.16 bits per heavy atom. The predicted molar refractivity (Wildman–Crippen MR) is 104 cm³/mol. The maximum Gasteiger partial charge on any atom is 0.238 e.